The van der Waals surface area contributed by atoms with Crippen LogP contribution in [0.5, 0.6) is 5.75 Å². The van der Waals surface area contributed by atoms with Gasteiger partial charge in [0.15, 0.2) is 0 Å². The lowest BCUT2D eigenvalue weighted by Gasteiger charge is -2.10. The fourth-order valence-electron chi connectivity index (χ4n) is 3.13. The van der Waals surface area contributed by atoms with Crippen molar-refractivity contribution in [2.45, 2.75) is 44.4 Å². The van der Waals surface area contributed by atoms with E-state index in [1.54, 1.807) is 16.9 Å². The van der Waals surface area contributed by atoms with Crippen LogP contribution in [0.4, 0.5) is 13.2 Å². The molecule has 2 aromatic carbocycles. The van der Waals surface area contributed by atoms with Gasteiger partial charge in [0.1, 0.15) is 12.4 Å². The summed E-state index contributed by atoms with van der Waals surface area (Å²) in [5.74, 6) is -0.150. The highest BCUT2D eigenvalue weighted by Gasteiger charge is 2.30. The van der Waals surface area contributed by atoms with Gasteiger partial charge in [-0.3, -0.25) is 4.79 Å². The van der Waals surface area contributed by atoms with Gasteiger partial charge >= 0.3 is 12.1 Å². The van der Waals surface area contributed by atoms with Crippen molar-refractivity contribution in [1.29, 1.82) is 0 Å². The van der Waals surface area contributed by atoms with Crippen LogP contribution in [0.15, 0.2) is 53.6 Å². The van der Waals surface area contributed by atoms with Crippen molar-refractivity contribution in [3.05, 3.63) is 71.0 Å². The zero-order valence-corrected chi connectivity index (χ0v) is 18.6. The van der Waals surface area contributed by atoms with Crippen LogP contribution >= 0.6 is 11.8 Å². The summed E-state index contributed by atoms with van der Waals surface area (Å²) in [5.41, 5.74) is 2.37. The lowest BCUT2D eigenvalue weighted by molar-refractivity contribution is -0.137. The average Bonchev–Trinajstić information content (AvgIpc) is 3.15. The average molecular weight is 465 g/mol. The maximum atomic E-state index is 12.8. The molecule has 0 atom stereocenters. The summed E-state index contributed by atoms with van der Waals surface area (Å²) in [6, 6.07) is 10.3. The van der Waals surface area contributed by atoms with Gasteiger partial charge in [-0.2, -0.15) is 18.3 Å². The predicted octanol–water partition coefficient (Wildman–Crippen LogP) is 6.08. The van der Waals surface area contributed by atoms with Crippen LogP contribution in [0.2, 0.25) is 0 Å². The van der Waals surface area contributed by atoms with E-state index < -0.39 is 17.7 Å². The smallest absolute Gasteiger partial charge is 0.416 e. The van der Waals surface area contributed by atoms with E-state index in [4.69, 9.17) is 9.84 Å². The molecule has 3 rings (SSSR count). The summed E-state index contributed by atoms with van der Waals surface area (Å²) < 4.78 is 46.0. The molecular weight excluding hydrogens is 441 g/mol. The van der Waals surface area contributed by atoms with Gasteiger partial charge in [-0.15, -0.1) is 11.8 Å². The topological polar surface area (TPSA) is 64.4 Å². The summed E-state index contributed by atoms with van der Waals surface area (Å²) in [4.78, 5) is 11.6. The van der Waals surface area contributed by atoms with Crippen LogP contribution in [0.1, 0.15) is 42.1 Å². The Kier molecular flexibility index (Phi) is 7.18. The van der Waals surface area contributed by atoms with Crippen LogP contribution in [0, 0.1) is 6.92 Å². The molecule has 5 nitrogen and oxygen atoms in total. The second kappa shape index (κ2) is 9.68. The summed E-state index contributed by atoms with van der Waals surface area (Å²) in [6.07, 6.45) is -2.62. The van der Waals surface area contributed by atoms with E-state index in [0.717, 1.165) is 33.8 Å². The molecule has 0 unspecified atom stereocenters. The Morgan fingerprint density at radius 1 is 1.19 bits per heavy atom. The number of hydrogen-bond acceptors (Lipinski definition) is 4. The molecule has 0 amide bonds. The lowest BCUT2D eigenvalue weighted by atomic mass is 10.1. The van der Waals surface area contributed by atoms with Crippen LogP contribution in [0.25, 0.3) is 5.69 Å². The van der Waals surface area contributed by atoms with Crippen molar-refractivity contribution < 1.29 is 27.8 Å². The zero-order chi connectivity index (χ0) is 23.5. The van der Waals surface area contributed by atoms with Gasteiger partial charge in [0, 0.05) is 16.7 Å². The first kappa shape index (κ1) is 23.7. The third-order valence-corrected chi connectivity index (χ3v) is 5.88. The molecule has 1 N–H and O–H groups in total. The van der Waals surface area contributed by atoms with E-state index in [2.05, 4.69) is 5.10 Å². The number of hydrogen-bond donors (Lipinski definition) is 1. The van der Waals surface area contributed by atoms with E-state index in [1.165, 1.54) is 23.9 Å². The van der Waals surface area contributed by atoms with Crippen molar-refractivity contribution in [1.82, 2.24) is 9.78 Å². The molecule has 0 saturated heterocycles. The number of aryl methyl sites for hydroxylation is 1. The standard InChI is InChI=1S/C23H23F3N2O3S/c1-14(2)22-16(11-28(27-22)18-6-4-17(5-7-18)23(24,25)26)12-31-19-8-9-20(15(3)10-19)32-13-21(29)30/h4-11,14H,12-13H2,1-3H3,(H,29,30). The van der Waals surface area contributed by atoms with Crippen LogP contribution in [0.3, 0.4) is 0 Å². The van der Waals surface area contributed by atoms with Crippen LogP contribution < -0.4 is 4.74 Å². The molecule has 1 aromatic heterocycles. The summed E-state index contributed by atoms with van der Waals surface area (Å²) in [6.45, 7) is 6.11. The van der Waals surface area contributed by atoms with Crippen molar-refractivity contribution in [3.8, 4) is 11.4 Å². The molecule has 0 bridgehead atoms. The number of halogens is 3. The molecule has 0 aliphatic rings. The van der Waals surface area contributed by atoms with Crippen LogP contribution in [-0.4, -0.2) is 26.6 Å². The molecule has 170 valence electrons. The lowest BCUT2D eigenvalue weighted by Crippen LogP contribution is -2.05. The van der Waals surface area contributed by atoms with Gasteiger partial charge in [-0.05, 0) is 60.9 Å². The number of nitrogens with zero attached hydrogens (tertiary/aromatic N) is 2. The molecule has 0 saturated carbocycles. The first-order chi connectivity index (χ1) is 15.0. The third-order valence-electron chi connectivity index (χ3n) is 4.72. The molecule has 1 heterocycles. The maximum absolute atomic E-state index is 12.8. The first-order valence-electron chi connectivity index (χ1n) is 9.88. The molecule has 32 heavy (non-hydrogen) atoms. The van der Waals surface area contributed by atoms with Crippen molar-refractivity contribution >= 4 is 17.7 Å². The molecule has 9 heteroatoms. The van der Waals surface area contributed by atoms with Gasteiger partial charge in [0.2, 0.25) is 0 Å². The number of alkyl halides is 3. The fourth-order valence-corrected chi connectivity index (χ4v) is 3.86. The van der Waals surface area contributed by atoms with Gasteiger partial charge < -0.3 is 9.84 Å². The second-order valence-electron chi connectivity index (χ2n) is 7.58. The van der Waals surface area contributed by atoms with Gasteiger partial charge in [0.05, 0.1) is 22.7 Å². The van der Waals surface area contributed by atoms with Gasteiger partial charge in [-0.25, -0.2) is 4.68 Å². The molecule has 3 aromatic rings. The number of carbonyl (C=O) groups is 1. The second-order valence-corrected chi connectivity index (χ2v) is 8.60. The minimum Gasteiger partial charge on any atom is -0.489 e. The van der Waals surface area contributed by atoms with Crippen LogP contribution in [-0.2, 0) is 17.6 Å². The van der Waals surface area contributed by atoms with Gasteiger partial charge in [-0.1, -0.05) is 13.8 Å². The highest BCUT2D eigenvalue weighted by atomic mass is 32.2. The zero-order valence-electron chi connectivity index (χ0n) is 17.8. The van der Waals surface area contributed by atoms with Crippen molar-refractivity contribution in [3.63, 3.8) is 0 Å². The van der Waals surface area contributed by atoms with E-state index in [1.807, 2.05) is 32.9 Å². The number of carboxylic acid groups (broad SMARTS) is 1. The Morgan fingerprint density at radius 2 is 1.88 bits per heavy atom. The number of aromatic nitrogens is 2. The molecule has 0 aliphatic heterocycles. The Hall–Kier alpha value is -2.94. The Balaban J connectivity index is 1.76. The third kappa shape index (κ3) is 5.85. The molecule has 0 spiro atoms. The van der Waals surface area contributed by atoms with Crippen molar-refractivity contribution in [2.75, 3.05) is 5.75 Å². The minimum atomic E-state index is -4.38. The minimum absolute atomic E-state index is 0.0120. The normalized spacial score (nSPS) is 11.7. The summed E-state index contributed by atoms with van der Waals surface area (Å²) in [7, 11) is 0. The number of benzene rings is 2. The molecule has 0 radical (unpaired) electrons. The molecular formula is C23H23F3N2O3S. The number of carboxylic acids is 1. The number of aliphatic carboxylic acids is 1. The number of thioether (sulfide) groups is 1. The van der Waals surface area contributed by atoms with E-state index in [-0.39, 0.29) is 18.3 Å². The molecule has 0 fully saturated rings. The maximum Gasteiger partial charge on any atom is 0.416 e. The van der Waals surface area contributed by atoms with Gasteiger partial charge in [0.25, 0.3) is 0 Å². The monoisotopic (exact) mass is 464 g/mol. The number of ether oxygens (including phenoxy) is 1. The summed E-state index contributed by atoms with van der Waals surface area (Å²) in [5, 5.41) is 13.4. The highest BCUT2D eigenvalue weighted by Crippen LogP contribution is 2.30. The fraction of sp³-hybridized carbons (Fsp3) is 0.304. The first-order valence-corrected chi connectivity index (χ1v) is 10.9. The Labute approximate surface area is 188 Å². The Bertz CT molecular complexity index is 1090. The van der Waals surface area contributed by atoms with Crippen molar-refractivity contribution in [2.24, 2.45) is 0 Å². The number of rotatable bonds is 8. The largest absolute Gasteiger partial charge is 0.489 e. The predicted molar refractivity (Wildman–Crippen MR) is 117 cm³/mol. The van der Waals surface area contributed by atoms with E-state index in [9.17, 15) is 18.0 Å². The SMILES string of the molecule is Cc1cc(OCc2cn(-c3ccc(C(F)(F)F)cc3)nc2C(C)C)ccc1SCC(=O)O. The Morgan fingerprint density at radius 3 is 2.44 bits per heavy atom. The van der Waals surface area contributed by atoms with E-state index in [0.29, 0.717) is 11.4 Å². The summed E-state index contributed by atoms with van der Waals surface area (Å²) >= 11 is 1.25. The molecule has 0 aliphatic carbocycles. The highest BCUT2D eigenvalue weighted by molar-refractivity contribution is 8.00. The quantitative estimate of drug-likeness (QED) is 0.410. The van der Waals surface area contributed by atoms with E-state index >= 15 is 0 Å².